The molecule has 1 N–H and O–H groups in total. The molecule has 0 aliphatic heterocycles. The number of hydrogen-bond donors (Lipinski definition) is 1. The fourth-order valence-corrected chi connectivity index (χ4v) is 2.84. The van der Waals surface area contributed by atoms with Crippen LogP contribution in [0, 0.1) is 0 Å². The Hall–Kier alpha value is -2.29. The van der Waals surface area contributed by atoms with Crippen molar-refractivity contribution in [3.05, 3.63) is 53.3 Å². The Balaban J connectivity index is 2.26. The zero-order valence-corrected chi connectivity index (χ0v) is 12.8. The van der Waals surface area contributed by atoms with Crippen molar-refractivity contribution in [1.29, 1.82) is 0 Å². The zero-order chi connectivity index (χ0) is 16.6. The molecular formula is C19H20O3. The van der Waals surface area contributed by atoms with Crippen molar-refractivity contribution < 1.29 is 16.0 Å². The molecule has 0 unspecified atom stereocenters. The molecule has 3 heteroatoms. The summed E-state index contributed by atoms with van der Waals surface area (Å²) in [6.45, 7) is 3.55. The van der Waals surface area contributed by atoms with Crippen LogP contribution in [0.1, 0.15) is 39.2 Å². The highest BCUT2D eigenvalue weighted by Crippen LogP contribution is 2.33. The summed E-state index contributed by atoms with van der Waals surface area (Å²) in [5.41, 5.74) is 1.60. The van der Waals surface area contributed by atoms with Crippen molar-refractivity contribution in [1.82, 2.24) is 0 Å². The van der Waals surface area contributed by atoms with Gasteiger partial charge in [-0.2, -0.15) is 0 Å². The van der Waals surface area contributed by atoms with Gasteiger partial charge in [-0.25, -0.2) is 4.79 Å². The first-order chi connectivity index (χ1) is 11.0. The standard InChI is InChI=1S/C19H20O3/c1-12(2)22-19(21)18-16-11-14-7-4-3-6-13(14)10-15(16)8-5-9-17(18)20/h3-4,6-7,10-12,20H,5,8-9H2,1-2H3/i11D. The summed E-state index contributed by atoms with van der Waals surface area (Å²) in [6.07, 6.45) is 1.63. The van der Waals surface area contributed by atoms with Gasteiger partial charge in [0.25, 0.3) is 0 Å². The number of carbonyl (C=O) groups is 1. The van der Waals surface area contributed by atoms with Crippen LogP contribution in [-0.2, 0) is 16.0 Å². The van der Waals surface area contributed by atoms with Crippen LogP contribution in [0.2, 0.25) is 0 Å². The van der Waals surface area contributed by atoms with E-state index in [1.54, 1.807) is 13.8 Å². The second-order valence-electron chi connectivity index (χ2n) is 5.89. The van der Waals surface area contributed by atoms with E-state index < -0.39 is 5.97 Å². The van der Waals surface area contributed by atoms with E-state index in [2.05, 4.69) is 0 Å². The number of fused-ring (bicyclic) bond motifs is 2. The molecule has 3 rings (SSSR count). The van der Waals surface area contributed by atoms with Crippen LogP contribution in [0.25, 0.3) is 16.3 Å². The average Bonchev–Trinajstić information content (AvgIpc) is 2.65. The highest BCUT2D eigenvalue weighted by molar-refractivity contribution is 6.18. The lowest BCUT2D eigenvalue weighted by atomic mass is 9.94. The number of rotatable bonds is 2. The Morgan fingerprint density at radius 2 is 2.00 bits per heavy atom. The third kappa shape index (κ3) is 2.71. The van der Waals surface area contributed by atoms with Crippen molar-refractivity contribution in [2.45, 2.75) is 39.2 Å². The molecule has 3 nitrogen and oxygen atoms in total. The molecular weight excluding hydrogens is 276 g/mol. The first-order valence-corrected chi connectivity index (χ1v) is 7.63. The maximum Gasteiger partial charge on any atom is 0.342 e. The summed E-state index contributed by atoms with van der Waals surface area (Å²) in [7, 11) is 0. The molecule has 0 radical (unpaired) electrons. The van der Waals surface area contributed by atoms with Gasteiger partial charge < -0.3 is 9.84 Å². The molecule has 22 heavy (non-hydrogen) atoms. The van der Waals surface area contributed by atoms with E-state index in [0.717, 1.165) is 29.2 Å². The highest BCUT2D eigenvalue weighted by atomic mass is 16.5. The van der Waals surface area contributed by atoms with E-state index in [4.69, 9.17) is 6.11 Å². The van der Waals surface area contributed by atoms with E-state index >= 15 is 0 Å². The van der Waals surface area contributed by atoms with Crippen LogP contribution in [0.3, 0.4) is 0 Å². The summed E-state index contributed by atoms with van der Waals surface area (Å²) in [4.78, 5) is 12.5. The summed E-state index contributed by atoms with van der Waals surface area (Å²) >= 11 is 0. The average molecular weight is 297 g/mol. The Morgan fingerprint density at radius 3 is 2.73 bits per heavy atom. The van der Waals surface area contributed by atoms with Gasteiger partial charge >= 0.3 is 5.97 Å². The number of esters is 1. The monoisotopic (exact) mass is 297 g/mol. The number of hydrogen-bond acceptors (Lipinski definition) is 3. The van der Waals surface area contributed by atoms with Gasteiger partial charge in [0, 0.05) is 6.42 Å². The molecule has 0 fully saturated rings. The molecule has 0 heterocycles. The fraction of sp³-hybridized carbons (Fsp3) is 0.316. The fourth-order valence-electron chi connectivity index (χ4n) is 2.84. The molecule has 2 aromatic rings. The number of ether oxygens (including phenoxy) is 1. The minimum absolute atomic E-state index is 0.0261. The van der Waals surface area contributed by atoms with Gasteiger partial charge in [0.05, 0.1) is 7.47 Å². The number of benzene rings is 2. The molecule has 1 aliphatic carbocycles. The number of aliphatic hydroxyl groups excluding tert-OH is 1. The summed E-state index contributed by atoms with van der Waals surface area (Å²) in [5.74, 6) is -0.525. The van der Waals surface area contributed by atoms with Crippen LogP contribution in [0.5, 0.6) is 0 Å². The van der Waals surface area contributed by atoms with Gasteiger partial charge in [-0.05, 0) is 54.6 Å². The molecule has 114 valence electrons. The Morgan fingerprint density at radius 1 is 1.27 bits per heavy atom. The van der Waals surface area contributed by atoms with E-state index in [-0.39, 0.29) is 23.5 Å². The normalized spacial score (nSPS) is 15.5. The van der Waals surface area contributed by atoms with E-state index in [9.17, 15) is 9.90 Å². The highest BCUT2D eigenvalue weighted by Gasteiger charge is 2.25. The largest absolute Gasteiger partial charge is 0.511 e. The van der Waals surface area contributed by atoms with E-state index in [1.165, 1.54) is 0 Å². The predicted octanol–water partition coefficient (Wildman–Crippen LogP) is 4.40. The lowest BCUT2D eigenvalue weighted by molar-refractivity contribution is -0.140. The molecule has 0 spiro atoms. The molecule has 0 atom stereocenters. The summed E-state index contributed by atoms with van der Waals surface area (Å²) in [5, 5.41) is 12.1. The predicted molar refractivity (Wildman–Crippen MR) is 87.7 cm³/mol. The summed E-state index contributed by atoms with van der Waals surface area (Å²) in [6, 6.07) is 9.94. The zero-order valence-electron chi connectivity index (χ0n) is 13.8. The third-order valence-corrected chi connectivity index (χ3v) is 3.82. The van der Waals surface area contributed by atoms with Crippen LogP contribution in [0.4, 0.5) is 0 Å². The molecule has 2 aromatic carbocycles. The Bertz CT molecular complexity index is 806. The van der Waals surface area contributed by atoms with Crippen molar-refractivity contribution in [2.75, 3.05) is 0 Å². The van der Waals surface area contributed by atoms with Crippen molar-refractivity contribution in [2.24, 2.45) is 0 Å². The Kier molecular flexibility index (Phi) is 3.55. The number of allylic oxidation sites excluding steroid dienone is 1. The SMILES string of the molecule is [2H]c1c2c(cc3ccccc13)CCCC(O)=C2C(=O)OC(C)C. The van der Waals surface area contributed by atoms with Crippen molar-refractivity contribution in [3.8, 4) is 0 Å². The van der Waals surface area contributed by atoms with Gasteiger partial charge in [0.2, 0.25) is 0 Å². The van der Waals surface area contributed by atoms with E-state index in [1.807, 2.05) is 30.3 Å². The molecule has 0 saturated heterocycles. The van der Waals surface area contributed by atoms with Gasteiger partial charge in [-0.15, -0.1) is 0 Å². The molecule has 0 bridgehead atoms. The van der Waals surface area contributed by atoms with Crippen LogP contribution in [0.15, 0.2) is 42.1 Å². The topological polar surface area (TPSA) is 46.5 Å². The van der Waals surface area contributed by atoms with E-state index in [0.29, 0.717) is 12.0 Å². The minimum Gasteiger partial charge on any atom is -0.511 e. The number of aliphatic hydroxyl groups is 1. The maximum absolute atomic E-state index is 12.5. The first kappa shape index (κ1) is 13.4. The van der Waals surface area contributed by atoms with Gasteiger partial charge in [0.15, 0.2) is 0 Å². The summed E-state index contributed by atoms with van der Waals surface area (Å²) < 4.78 is 13.9. The minimum atomic E-state index is -0.551. The Labute approximate surface area is 131 Å². The van der Waals surface area contributed by atoms with Gasteiger partial charge in [-0.3, -0.25) is 0 Å². The van der Waals surface area contributed by atoms with Gasteiger partial charge in [-0.1, -0.05) is 30.3 Å². The number of carbonyl (C=O) groups excluding carboxylic acids is 1. The first-order valence-electron chi connectivity index (χ1n) is 8.13. The lowest BCUT2D eigenvalue weighted by Crippen LogP contribution is -2.15. The second-order valence-corrected chi connectivity index (χ2v) is 5.89. The van der Waals surface area contributed by atoms with Crippen LogP contribution >= 0.6 is 0 Å². The smallest absolute Gasteiger partial charge is 0.342 e. The lowest BCUT2D eigenvalue weighted by Gasteiger charge is -2.14. The van der Waals surface area contributed by atoms with Gasteiger partial charge in [0.1, 0.15) is 11.3 Å². The molecule has 1 aliphatic rings. The quantitative estimate of drug-likeness (QED) is 0.836. The molecule has 0 saturated carbocycles. The molecule has 0 aromatic heterocycles. The number of aryl methyl sites for hydroxylation is 1. The van der Waals surface area contributed by atoms with Crippen molar-refractivity contribution >= 4 is 22.3 Å². The molecule has 0 amide bonds. The second kappa shape index (κ2) is 5.84. The van der Waals surface area contributed by atoms with Crippen LogP contribution < -0.4 is 0 Å². The maximum atomic E-state index is 12.5. The third-order valence-electron chi connectivity index (χ3n) is 3.82. The van der Waals surface area contributed by atoms with Crippen LogP contribution in [-0.4, -0.2) is 17.2 Å². The van der Waals surface area contributed by atoms with Crippen molar-refractivity contribution in [3.63, 3.8) is 0 Å².